The molecule has 0 saturated carbocycles. The molecule has 0 aliphatic carbocycles. The average molecular weight is 283 g/mol. The summed E-state index contributed by atoms with van der Waals surface area (Å²) >= 11 is 1.50. The van der Waals surface area contributed by atoms with Crippen molar-refractivity contribution in [2.75, 3.05) is 12.4 Å². The van der Waals surface area contributed by atoms with Crippen LogP contribution in [-0.2, 0) is 0 Å². The third-order valence-corrected chi connectivity index (χ3v) is 4.11. The predicted octanol–water partition coefficient (Wildman–Crippen LogP) is 4.16. The average Bonchev–Trinajstić information content (AvgIpc) is 2.92. The summed E-state index contributed by atoms with van der Waals surface area (Å²) in [5.41, 5.74) is 0.758. The summed E-state index contributed by atoms with van der Waals surface area (Å²) in [5.74, 6) is 0.682. The molecule has 3 nitrogen and oxygen atoms in total. The van der Waals surface area contributed by atoms with Crippen LogP contribution in [0, 0.1) is 0 Å². The van der Waals surface area contributed by atoms with Crippen LogP contribution < -0.4 is 10.1 Å². The van der Waals surface area contributed by atoms with E-state index in [2.05, 4.69) is 5.32 Å². The minimum atomic E-state index is -0.0867. The SMILES string of the molecule is COc1ccc(NC(=O)c2cc3ccccc3s2)cc1. The van der Waals surface area contributed by atoms with Crippen molar-refractivity contribution in [1.29, 1.82) is 0 Å². The number of fused-ring (bicyclic) bond motifs is 1. The predicted molar refractivity (Wildman–Crippen MR) is 82.8 cm³/mol. The normalized spacial score (nSPS) is 10.4. The maximum atomic E-state index is 12.2. The number of nitrogens with one attached hydrogen (secondary N) is 1. The summed E-state index contributed by atoms with van der Waals surface area (Å²) in [7, 11) is 1.62. The second-order valence-corrected chi connectivity index (χ2v) is 5.41. The molecule has 0 unspecified atom stereocenters. The molecule has 0 radical (unpaired) electrons. The molecule has 3 rings (SSSR count). The van der Waals surface area contributed by atoms with E-state index in [-0.39, 0.29) is 5.91 Å². The van der Waals surface area contributed by atoms with Gasteiger partial charge in [0.1, 0.15) is 5.75 Å². The highest BCUT2D eigenvalue weighted by atomic mass is 32.1. The van der Waals surface area contributed by atoms with Crippen molar-refractivity contribution in [3.8, 4) is 5.75 Å². The molecule has 20 heavy (non-hydrogen) atoms. The van der Waals surface area contributed by atoms with Crippen LogP contribution in [0.2, 0.25) is 0 Å². The van der Waals surface area contributed by atoms with Crippen molar-refractivity contribution in [3.05, 3.63) is 59.5 Å². The fourth-order valence-corrected chi connectivity index (χ4v) is 2.92. The number of carbonyl (C=O) groups excluding carboxylic acids is 1. The Kier molecular flexibility index (Phi) is 3.39. The first-order valence-electron chi connectivity index (χ1n) is 6.20. The second-order valence-electron chi connectivity index (χ2n) is 4.33. The first-order valence-corrected chi connectivity index (χ1v) is 7.02. The third-order valence-electron chi connectivity index (χ3n) is 3.00. The van der Waals surface area contributed by atoms with Gasteiger partial charge in [-0.15, -0.1) is 11.3 Å². The van der Waals surface area contributed by atoms with Gasteiger partial charge in [0.15, 0.2) is 0 Å². The van der Waals surface area contributed by atoms with E-state index in [0.29, 0.717) is 4.88 Å². The van der Waals surface area contributed by atoms with Crippen LogP contribution in [0.5, 0.6) is 5.75 Å². The second kappa shape index (κ2) is 5.35. The van der Waals surface area contributed by atoms with E-state index in [9.17, 15) is 4.79 Å². The van der Waals surface area contributed by atoms with Gasteiger partial charge in [-0.1, -0.05) is 18.2 Å². The van der Waals surface area contributed by atoms with Crippen LogP contribution in [0.4, 0.5) is 5.69 Å². The Hall–Kier alpha value is -2.33. The smallest absolute Gasteiger partial charge is 0.265 e. The third kappa shape index (κ3) is 2.51. The van der Waals surface area contributed by atoms with Crippen LogP contribution >= 0.6 is 11.3 Å². The molecule has 1 heterocycles. The molecular weight excluding hydrogens is 270 g/mol. The number of methoxy groups -OCH3 is 1. The van der Waals surface area contributed by atoms with Gasteiger partial charge in [0, 0.05) is 10.4 Å². The van der Waals surface area contributed by atoms with E-state index in [1.165, 1.54) is 11.3 Å². The molecule has 1 amide bonds. The molecule has 0 fully saturated rings. The van der Waals surface area contributed by atoms with Gasteiger partial charge in [0.2, 0.25) is 0 Å². The van der Waals surface area contributed by atoms with Crippen LogP contribution in [0.25, 0.3) is 10.1 Å². The molecule has 2 aromatic carbocycles. The monoisotopic (exact) mass is 283 g/mol. The highest BCUT2D eigenvalue weighted by molar-refractivity contribution is 7.20. The highest BCUT2D eigenvalue weighted by Crippen LogP contribution is 2.26. The number of anilines is 1. The Balaban J connectivity index is 1.81. The molecule has 0 aliphatic heterocycles. The molecule has 4 heteroatoms. The van der Waals surface area contributed by atoms with Gasteiger partial charge in [-0.25, -0.2) is 0 Å². The van der Waals surface area contributed by atoms with Crippen LogP contribution in [0.3, 0.4) is 0 Å². The number of thiophene rings is 1. The van der Waals surface area contributed by atoms with Gasteiger partial charge in [-0.05, 0) is 41.8 Å². The standard InChI is InChI=1S/C16H13NO2S/c1-19-13-8-6-12(7-9-13)17-16(18)15-10-11-4-2-3-5-14(11)20-15/h2-10H,1H3,(H,17,18). The molecule has 1 aromatic heterocycles. The van der Waals surface area contributed by atoms with Gasteiger partial charge in [-0.2, -0.15) is 0 Å². The van der Waals surface area contributed by atoms with Gasteiger partial charge in [0.25, 0.3) is 5.91 Å². The van der Waals surface area contributed by atoms with Gasteiger partial charge >= 0.3 is 0 Å². The Morgan fingerprint density at radius 3 is 2.55 bits per heavy atom. The molecule has 0 aliphatic rings. The topological polar surface area (TPSA) is 38.3 Å². The summed E-state index contributed by atoms with van der Waals surface area (Å²) in [6.45, 7) is 0. The Morgan fingerprint density at radius 1 is 1.10 bits per heavy atom. The van der Waals surface area contributed by atoms with E-state index in [4.69, 9.17) is 4.74 Å². The lowest BCUT2D eigenvalue weighted by atomic mass is 10.2. The molecule has 0 atom stereocenters. The Labute approximate surface area is 120 Å². The van der Waals surface area contributed by atoms with Crippen molar-refractivity contribution in [1.82, 2.24) is 0 Å². The first-order chi connectivity index (χ1) is 9.76. The van der Waals surface area contributed by atoms with E-state index in [0.717, 1.165) is 21.5 Å². The van der Waals surface area contributed by atoms with Crippen LogP contribution in [0.15, 0.2) is 54.6 Å². The molecule has 1 N–H and O–H groups in total. The van der Waals surface area contributed by atoms with Crippen LogP contribution in [-0.4, -0.2) is 13.0 Å². The molecule has 100 valence electrons. The minimum absolute atomic E-state index is 0.0867. The summed E-state index contributed by atoms with van der Waals surface area (Å²) in [5, 5.41) is 3.98. The fourth-order valence-electron chi connectivity index (χ4n) is 1.96. The van der Waals surface area contributed by atoms with Crippen molar-refractivity contribution in [2.24, 2.45) is 0 Å². The zero-order chi connectivity index (χ0) is 13.9. The van der Waals surface area contributed by atoms with Gasteiger partial charge < -0.3 is 10.1 Å². The number of carbonyl (C=O) groups is 1. The van der Waals surface area contributed by atoms with Crippen molar-refractivity contribution in [3.63, 3.8) is 0 Å². The zero-order valence-corrected chi connectivity index (χ0v) is 11.7. The van der Waals surface area contributed by atoms with E-state index >= 15 is 0 Å². The van der Waals surface area contributed by atoms with E-state index < -0.39 is 0 Å². The minimum Gasteiger partial charge on any atom is -0.497 e. The molecule has 0 bridgehead atoms. The van der Waals surface area contributed by atoms with Gasteiger partial charge in [-0.3, -0.25) is 4.79 Å². The quantitative estimate of drug-likeness (QED) is 0.783. The van der Waals surface area contributed by atoms with E-state index in [1.807, 2.05) is 54.6 Å². The summed E-state index contributed by atoms with van der Waals surface area (Å²) < 4.78 is 6.21. The fraction of sp³-hybridized carbons (Fsp3) is 0.0625. The molecule has 0 saturated heterocycles. The van der Waals surface area contributed by atoms with Gasteiger partial charge in [0.05, 0.1) is 12.0 Å². The lowest BCUT2D eigenvalue weighted by Crippen LogP contribution is -2.09. The number of amides is 1. The number of ether oxygens (including phenoxy) is 1. The number of hydrogen-bond acceptors (Lipinski definition) is 3. The van der Waals surface area contributed by atoms with Crippen LogP contribution in [0.1, 0.15) is 9.67 Å². The first kappa shape index (κ1) is 12.7. The zero-order valence-electron chi connectivity index (χ0n) is 10.9. The number of hydrogen-bond donors (Lipinski definition) is 1. The Morgan fingerprint density at radius 2 is 1.85 bits per heavy atom. The maximum Gasteiger partial charge on any atom is 0.265 e. The lowest BCUT2D eigenvalue weighted by Gasteiger charge is -2.04. The highest BCUT2D eigenvalue weighted by Gasteiger charge is 2.10. The Bertz CT molecular complexity index is 714. The molecular formula is C16H13NO2S. The number of rotatable bonds is 3. The van der Waals surface area contributed by atoms with Crippen molar-refractivity contribution < 1.29 is 9.53 Å². The molecule has 3 aromatic rings. The summed E-state index contributed by atoms with van der Waals surface area (Å²) in [6.07, 6.45) is 0. The lowest BCUT2D eigenvalue weighted by molar-refractivity contribution is 0.103. The summed E-state index contributed by atoms with van der Waals surface area (Å²) in [4.78, 5) is 12.9. The van der Waals surface area contributed by atoms with Crippen molar-refractivity contribution in [2.45, 2.75) is 0 Å². The number of benzene rings is 2. The largest absolute Gasteiger partial charge is 0.497 e. The van der Waals surface area contributed by atoms with Crippen molar-refractivity contribution >= 4 is 33.0 Å². The summed E-state index contributed by atoms with van der Waals surface area (Å²) in [6, 6.07) is 17.2. The molecule has 0 spiro atoms. The maximum absolute atomic E-state index is 12.2. The van der Waals surface area contributed by atoms with E-state index in [1.54, 1.807) is 7.11 Å².